The Morgan fingerprint density at radius 1 is 1.32 bits per heavy atom. The molecule has 4 heteroatoms. The summed E-state index contributed by atoms with van der Waals surface area (Å²) >= 11 is 0. The van der Waals surface area contributed by atoms with Gasteiger partial charge >= 0.3 is 0 Å². The number of aryl methyl sites for hydroxylation is 1. The Balaban J connectivity index is 1.80. The number of aromatic nitrogens is 2. The average Bonchev–Trinajstić information content (AvgIpc) is 2.87. The predicted octanol–water partition coefficient (Wildman–Crippen LogP) is 1.99. The lowest BCUT2D eigenvalue weighted by Crippen LogP contribution is -2.39. The molecule has 100 valence electrons. The quantitative estimate of drug-likeness (QED) is 0.842. The number of nitrogens with zero attached hydrogens (tertiary/aromatic N) is 3. The third-order valence-corrected chi connectivity index (χ3v) is 3.66. The normalized spacial score (nSPS) is 20.6. The molecule has 0 radical (unpaired) electrons. The second-order valence-electron chi connectivity index (χ2n) is 4.93. The molecule has 0 aliphatic carbocycles. The highest BCUT2D eigenvalue weighted by atomic mass is 16.5. The molecule has 3 heterocycles. The van der Waals surface area contributed by atoms with Crippen LogP contribution in [0.4, 0.5) is 0 Å². The summed E-state index contributed by atoms with van der Waals surface area (Å²) < 4.78 is 7.82. The monoisotopic (exact) mass is 257 g/mol. The summed E-state index contributed by atoms with van der Waals surface area (Å²) in [6.45, 7) is 3.38. The van der Waals surface area contributed by atoms with E-state index >= 15 is 0 Å². The van der Waals surface area contributed by atoms with Gasteiger partial charge in [0.1, 0.15) is 0 Å². The number of hydrogen-bond acceptors (Lipinski definition) is 3. The van der Waals surface area contributed by atoms with Gasteiger partial charge in [-0.3, -0.25) is 9.88 Å². The van der Waals surface area contributed by atoms with E-state index < -0.39 is 0 Å². The molecule has 0 spiro atoms. The first-order valence-electron chi connectivity index (χ1n) is 6.67. The van der Waals surface area contributed by atoms with Gasteiger partial charge in [0.15, 0.2) is 0 Å². The van der Waals surface area contributed by atoms with Crippen LogP contribution in [0, 0.1) is 0 Å². The molecule has 1 aliphatic heterocycles. The number of pyridine rings is 1. The van der Waals surface area contributed by atoms with Crippen molar-refractivity contribution in [2.24, 2.45) is 7.05 Å². The molecule has 3 rings (SSSR count). The number of ether oxygens (including phenoxy) is 1. The summed E-state index contributed by atoms with van der Waals surface area (Å²) in [5.74, 6) is 0. The second kappa shape index (κ2) is 5.55. The minimum absolute atomic E-state index is 0.316. The molecule has 2 aromatic rings. The summed E-state index contributed by atoms with van der Waals surface area (Å²) in [5, 5.41) is 0. The molecule has 1 unspecified atom stereocenters. The van der Waals surface area contributed by atoms with Gasteiger partial charge in [0, 0.05) is 38.2 Å². The minimum atomic E-state index is 0.316. The van der Waals surface area contributed by atoms with Crippen molar-refractivity contribution in [1.29, 1.82) is 0 Å². The fraction of sp³-hybridized carbons (Fsp3) is 0.400. The van der Waals surface area contributed by atoms with Crippen LogP contribution in [0.2, 0.25) is 0 Å². The van der Waals surface area contributed by atoms with Crippen LogP contribution < -0.4 is 0 Å². The molecule has 0 aromatic carbocycles. The topological polar surface area (TPSA) is 30.3 Å². The molecule has 0 amide bonds. The molecule has 4 nitrogen and oxygen atoms in total. The maximum absolute atomic E-state index is 5.65. The molecule has 2 aromatic heterocycles. The average molecular weight is 257 g/mol. The van der Waals surface area contributed by atoms with Crippen molar-refractivity contribution < 1.29 is 4.74 Å². The van der Waals surface area contributed by atoms with Crippen molar-refractivity contribution in [3.63, 3.8) is 0 Å². The largest absolute Gasteiger partial charge is 0.378 e. The predicted molar refractivity (Wildman–Crippen MR) is 73.6 cm³/mol. The van der Waals surface area contributed by atoms with Gasteiger partial charge in [-0.1, -0.05) is 6.07 Å². The van der Waals surface area contributed by atoms with Crippen molar-refractivity contribution in [1.82, 2.24) is 14.5 Å². The van der Waals surface area contributed by atoms with E-state index in [1.165, 1.54) is 5.69 Å². The van der Waals surface area contributed by atoms with Crippen LogP contribution in [0.15, 0.2) is 42.7 Å². The van der Waals surface area contributed by atoms with E-state index in [1.807, 2.05) is 18.3 Å². The van der Waals surface area contributed by atoms with Crippen molar-refractivity contribution in [3.8, 4) is 0 Å². The van der Waals surface area contributed by atoms with E-state index in [9.17, 15) is 0 Å². The molecule has 19 heavy (non-hydrogen) atoms. The van der Waals surface area contributed by atoms with E-state index in [1.54, 1.807) is 0 Å². The van der Waals surface area contributed by atoms with Crippen molar-refractivity contribution in [2.45, 2.75) is 12.6 Å². The Kier molecular flexibility index (Phi) is 3.62. The summed E-state index contributed by atoms with van der Waals surface area (Å²) in [7, 11) is 2.09. The SMILES string of the molecule is Cn1cccc1C1COCCN1Cc1ccccn1. The van der Waals surface area contributed by atoms with Crippen molar-refractivity contribution in [3.05, 3.63) is 54.1 Å². The fourth-order valence-electron chi connectivity index (χ4n) is 2.62. The number of morpholine rings is 1. The summed E-state index contributed by atoms with van der Waals surface area (Å²) in [5.41, 5.74) is 2.42. The van der Waals surface area contributed by atoms with Gasteiger partial charge in [0.05, 0.1) is 24.9 Å². The first kappa shape index (κ1) is 12.4. The lowest BCUT2D eigenvalue weighted by molar-refractivity contribution is -0.0157. The smallest absolute Gasteiger partial charge is 0.0741 e. The Morgan fingerprint density at radius 3 is 3.00 bits per heavy atom. The lowest BCUT2D eigenvalue weighted by Gasteiger charge is -2.35. The molecule has 1 fully saturated rings. The van der Waals surface area contributed by atoms with Crippen molar-refractivity contribution in [2.75, 3.05) is 19.8 Å². The van der Waals surface area contributed by atoms with Gasteiger partial charge in [0.25, 0.3) is 0 Å². The zero-order valence-electron chi connectivity index (χ0n) is 11.2. The van der Waals surface area contributed by atoms with Crippen LogP contribution in [0.1, 0.15) is 17.4 Å². The third kappa shape index (κ3) is 2.69. The highest BCUT2D eigenvalue weighted by Crippen LogP contribution is 2.25. The molecular weight excluding hydrogens is 238 g/mol. The number of rotatable bonds is 3. The van der Waals surface area contributed by atoms with Crippen LogP contribution in [-0.4, -0.2) is 34.2 Å². The van der Waals surface area contributed by atoms with E-state index in [2.05, 4.69) is 45.9 Å². The van der Waals surface area contributed by atoms with Gasteiger partial charge < -0.3 is 9.30 Å². The van der Waals surface area contributed by atoms with Gasteiger partial charge in [-0.15, -0.1) is 0 Å². The van der Waals surface area contributed by atoms with E-state index in [0.717, 1.165) is 32.0 Å². The third-order valence-electron chi connectivity index (χ3n) is 3.66. The standard InChI is InChI=1S/C15H19N3O/c1-17-8-4-6-14(17)15-12-19-10-9-18(15)11-13-5-2-3-7-16-13/h2-8,15H,9-12H2,1H3. The van der Waals surface area contributed by atoms with E-state index in [4.69, 9.17) is 4.74 Å². The molecular formula is C15H19N3O. The van der Waals surface area contributed by atoms with Gasteiger partial charge in [-0.2, -0.15) is 0 Å². The van der Waals surface area contributed by atoms with Crippen LogP contribution in [0.5, 0.6) is 0 Å². The highest BCUT2D eigenvalue weighted by Gasteiger charge is 2.26. The number of hydrogen-bond donors (Lipinski definition) is 0. The van der Waals surface area contributed by atoms with Crippen LogP contribution in [0.3, 0.4) is 0 Å². The molecule has 1 aliphatic rings. The molecule has 0 saturated carbocycles. The summed E-state index contributed by atoms with van der Waals surface area (Å²) in [4.78, 5) is 6.87. The lowest BCUT2D eigenvalue weighted by atomic mass is 10.1. The summed E-state index contributed by atoms with van der Waals surface area (Å²) in [6, 6.07) is 10.7. The maximum atomic E-state index is 5.65. The minimum Gasteiger partial charge on any atom is -0.378 e. The van der Waals surface area contributed by atoms with Crippen LogP contribution >= 0.6 is 0 Å². The first-order chi connectivity index (χ1) is 9.34. The Morgan fingerprint density at radius 2 is 2.26 bits per heavy atom. The van der Waals surface area contributed by atoms with E-state index in [-0.39, 0.29) is 0 Å². The van der Waals surface area contributed by atoms with Gasteiger partial charge in [-0.25, -0.2) is 0 Å². The molecule has 1 atom stereocenters. The van der Waals surface area contributed by atoms with Crippen LogP contribution in [0.25, 0.3) is 0 Å². The second-order valence-corrected chi connectivity index (χ2v) is 4.93. The maximum Gasteiger partial charge on any atom is 0.0741 e. The zero-order valence-corrected chi connectivity index (χ0v) is 11.2. The fourth-order valence-corrected chi connectivity index (χ4v) is 2.62. The van der Waals surface area contributed by atoms with Crippen LogP contribution in [-0.2, 0) is 18.3 Å². The molecule has 0 N–H and O–H groups in total. The van der Waals surface area contributed by atoms with Gasteiger partial charge in [-0.05, 0) is 24.3 Å². The Bertz CT molecular complexity index is 523. The Labute approximate surface area is 113 Å². The van der Waals surface area contributed by atoms with Crippen molar-refractivity contribution >= 4 is 0 Å². The zero-order chi connectivity index (χ0) is 13.1. The summed E-state index contributed by atoms with van der Waals surface area (Å²) in [6.07, 6.45) is 3.94. The van der Waals surface area contributed by atoms with Gasteiger partial charge in [0.2, 0.25) is 0 Å². The molecule has 0 bridgehead atoms. The highest BCUT2D eigenvalue weighted by molar-refractivity contribution is 5.13. The molecule has 1 saturated heterocycles. The van der Waals surface area contributed by atoms with E-state index in [0.29, 0.717) is 6.04 Å². The first-order valence-corrected chi connectivity index (χ1v) is 6.67. The Hall–Kier alpha value is -1.65.